The zero-order chi connectivity index (χ0) is 13.9. The van der Waals surface area contributed by atoms with E-state index in [0.29, 0.717) is 12.6 Å². The topological polar surface area (TPSA) is 41.7 Å². The van der Waals surface area contributed by atoms with Crippen LogP contribution in [0.3, 0.4) is 0 Å². The van der Waals surface area contributed by atoms with E-state index in [4.69, 9.17) is 10.5 Å². The van der Waals surface area contributed by atoms with Crippen molar-refractivity contribution in [1.82, 2.24) is 4.90 Å². The molecule has 1 atom stereocenters. The third kappa shape index (κ3) is 3.01. The molecule has 2 N–H and O–H groups in total. The van der Waals surface area contributed by atoms with Crippen LogP contribution in [0, 0.1) is 0 Å². The van der Waals surface area contributed by atoms with Gasteiger partial charge in [0.2, 0.25) is 0 Å². The number of hydrogen-bond donors (Lipinski definition) is 1. The molecule has 2 aliphatic rings. The Bertz CT molecular complexity index is 462. The lowest BCUT2D eigenvalue weighted by molar-refractivity contribution is 0.0209. The summed E-state index contributed by atoms with van der Waals surface area (Å²) >= 11 is 3.52. The molecule has 0 amide bonds. The first kappa shape index (κ1) is 14.3. The van der Waals surface area contributed by atoms with Gasteiger partial charge < -0.3 is 15.4 Å². The van der Waals surface area contributed by atoms with Crippen LogP contribution >= 0.6 is 15.9 Å². The van der Waals surface area contributed by atoms with E-state index >= 15 is 0 Å². The van der Waals surface area contributed by atoms with Gasteiger partial charge in [-0.05, 0) is 30.2 Å². The Morgan fingerprint density at radius 1 is 1.25 bits per heavy atom. The minimum atomic E-state index is 0.591. The van der Waals surface area contributed by atoms with Gasteiger partial charge in [-0.3, -0.25) is 4.90 Å². The van der Waals surface area contributed by atoms with Crippen LogP contribution in [0.2, 0.25) is 0 Å². The lowest BCUT2D eigenvalue weighted by atomic mass is 10.1. The van der Waals surface area contributed by atoms with Gasteiger partial charge in [-0.2, -0.15) is 0 Å². The standard InChI is InChI=1S/C15H22BrN3O/c16-13-1-2-15(12(9-13)10-17)19-4-3-14(11-19)18-5-7-20-8-6-18/h1-2,9,14H,3-8,10-11,17H2. The van der Waals surface area contributed by atoms with Gasteiger partial charge in [0.05, 0.1) is 13.2 Å². The summed E-state index contributed by atoms with van der Waals surface area (Å²) in [6, 6.07) is 7.09. The predicted molar refractivity (Wildman–Crippen MR) is 85.0 cm³/mol. The normalized spacial score (nSPS) is 24.3. The molecule has 0 saturated carbocycles. The van der Waals surface area contributed by atoms with Crippen molar-refractivity contribution in [2.24, 2.45) is 5.73 Å². The first-order valence-electron chi connectivity index (χ1n) is 7.33. The van der Waals surface area contributed by atoms with Crippen LogP contribution in [-0.4, -0.2) is 50.3 Å². The Morgan fingerprint density at radius 3 is 2.80 bits per heavy atom. The smallest absolute Gasteiger partial charge is 0.0594 e. The number of halogens is 1. The van der Waals surface area contributed by atoms with E-state index in [1.807, 2.05) is 0 Å². The summed E-state index contributed by atoms with van der Waals surface area (Å²) in [7, 11) is 0. The van der Waals surface area contributed by atoms with Gasteiger partial charge in [0, 0.05) is 48.9 Å². The van der Waals surface area contributed by atoms with Crippen LogP contribution < -0.4 is 10.6 Å². The highest BCUT2D eigenvalue weighted by Crippen LogP contribution is 2.28. The molecule has 0 bridgehead atoms. The van der Waals surface area contributed by atoms with E-state index in [9.17, 15) is 0 Å². The Balaban J connectivity index is 1.70. The van der Waals surface area contributed by atoms with Gasteiger partial charge in [0.15, 0.2) is 0 Å². The second-order valence-electron chi connectivity index (χ2n) is 5.51. The quantitative estimate of drug-likeness (QED) is 0.912. The number of morpholine rings is 1. The molecule has 1 aromatic rings. The number of anilines is 1. The van der Waals surface area contributed by atoms with E-state index in [0.717, 1.165) is 43.9 Å². The molecule has 110 valence electrons. The first-order valence-corrected chi connectivity index (χ1v) is 8.12. The fourth-order valence-electron chi connectivity index (χ4n) is 3.23. The summed E-state index contributed by atoms with van der Waals surface area (Å²) in [6.45, 7) is 6.72. The van der Waals surface area contributed by atoms with E-state index in [2.05, 4.69) is 43.9 Å². The Kier molecular flexibility index (Phi) is 4.61. The Morgan fingerprint density at radius 2 is 2.05 bits per heavy atom. The number of nitrogens with two attached hydrogens (primary N) is 1. The van der Waals surface area contributed by atoms with Crippen molar-refractivity contribution in [2.45, 2.75) is 19.0 Å². The molecule has 2 saturated heterocycles. The van der Waals surface area contributed by atoms with E-state index in [1.165, 1.54) is 17.7 Å². The number of ether oxygens (including phenoxy) is 1. The highest BCUT2D eigenvalue weighted by molar-refractivity contribution is 9.10. The molecule has 5 heteroatoms. The average molecular weight is 340 g/mol. The molecule has 3 rings (SSSR count). The maximum atomic E-state index is 5.89. The first-order chi connectivity index (χ1) is 9.78. The van der Waals surface area contributed by atoms with Crippen molar-refractivity contribution < 1.29 is 4.74 Å². The van der Waals surface area contributed by atoms with E-state index < -0.39 is 0 Å². The Labute approximate surface area is 129 Å². The highest BCUT2D eigenvalue weighted by Gasteiger charge is 2.29. The van der Waals surface area contributed by atoms with Gasteiger partial charge >= 0.3 is 0 Å². The van der Waals surface area contributed by atoms with Crippen molar-refractivity contribution in [3.05, 3.63) is 28.2 Å². The zero-order valence-electron chi connectivity index (χ0n) is 11.7. The molecule has 1 aromatic carbocycles. The summed E-state index contributed by atoms with van der Waals surface area (Å²) < 4.78 is 6.55. The van der Waals surface area contributed by atoms with E-state index in [1.54, 1.807) is 0 Å². The van der Waals surface area contributed by atoms with Gasteiger partial charge in [-0.1, -0.05) is 15.9 Å². The molecule has 0 aromatic heterocycles. The Hall–Kier alpha value is -0.620. The molecule has 0 aliphatic carbocycles. The van der Waals surface area contributed by atoms with Crippen LogP contribution in [0.15, 0.2) is 22.7 Å². The molecule has 4 nitrogen and oxygen atoms in total. The van der Waals surface area contributed by atoms with Crippen molar-refractivity contribution >= 4 is 21.6 Å². The summed E-state index contributed by atoms with van der Waals surface area (Å²) in [4.78, 5) is 5.05. The van der Waals surface area contributed by atoms with Crippen molar-refractivity contribution in [3.63, 3.8) is 0 Å². The monoisotopic (exact) mass is 339 g/mol. The minimum absolute atomic E-state index is 0.591. The lowest BCUT2D eigenvalue weighted by Gasteiger charge is -2.32. The maximum absolute atomic E-state index is 5.89. The third-order valence-electron chi connectivity index (χ3n) is 4.33. The molecule has 1 unspecified atom stereocenters. The molecular formula is C15H22BrN3O. The summed E-state index contributed by atoms with van der Waals surface area (Å²) in [5.74, 6) is 0. The fourth-order valence-corrected chi connectivity index (χ4v) is 3.64. The van der Waals surface area contributed by atoms with Gasteiger partial charge in [-0.15, -0.1) is 0 Å². The van der Waals surface area contributed by atoms with Gasteiger partial charge in [0.1, 0.15) is 0 Å². The SMILES string of the molecule is NCc1cc(Br)ccc1N1CCC(N2CCOCC2)C1. The molecule has 20 heavy (non-hydrogen) atoms. The molecule has 2 aliphatic heterocycles. The van der Waals surface area contributed by atoms with E-state index in [-0.39, 0.29) is 0 Å². The van der Waals surface area contributed by atoms with Crippen molar-refractivity contribution in [2.75, 3.05) is 44.3 Å². The molecular weight excluding hydrogens is 318 g/mol. The fraction of sp³-hybridized carbons (Fsp3) is 0.600. The van der Waals surface area contributed by atoms with Crippen LogP contribution in [0.4, 0.5) is 5.69 Å². The zero-order valence-corrected chi connectivity index (χ0v) is 13.3. The second kappa shape index (κ2) is 6.43. The van der Waals surface area contributed by atoms with Crippen molar-refractivity contribution in [1.29, 1.82) is 0 Å². The number of rotatable bonds is 3. The molecule has 0 spiro atoms. The van der Waals surface area contributed by atoms with Crippen molar-refractivity contribution in [3.8, 4) is 0 Å². The van der Waals surface area contributed by atoms with Crippen LogP contribution in [-0.2, 0) is 11.3 Å². The van der Waals surface area contributed by atoms with Crippen LogP contribution in [0.25, 0.3) is 0 Å². The summed E-state index contributed by atoms with van der Waals surface area (Å²) in [6.07, 6.45) is 1.24. The summed E-state index contributed by atoms with van der Waals surface area (Å²) in [5.41, 5.74) is 8.41. The maximum Gasteiger partial charge on any atom is 0.0594 e. The second-order valence-corrected chi connectivity index (χ2v) is 6.43. The molecule has 2 fully saturated rings. The number of benzene rings is 1. The number of nitrogens with zero attached hydrogens (tertiary/aromatic N) is 2. The largest absolute Gasteiger partial charge is 0.379 e. The van der Waals surface area contributed by atoms with Gasteiger partial charge in [0.25, 0.3) is 0 Å². The lowest BCUT2D eigenvalue weighted by Crippen LogP contribution is -2.44. The van der Waals surface area contributed by atoms with Gasteiger partial charge in [-0.25, -0.2) is 0 Å². The van der Waals surface area contributed by atoms with Crippen LogP contribution in [0.5, 0.6) is 0 Å². The predicted octanol–water partition coefficient (Wildman–Crippen LogP) is 1.82. The average Bonchev–Trinajstić information content (AvgIpc) is 2.97. The molecule has 2 heterocycles. The minimum Gasteiger partial charge on any atom is -0.379 e. The molecule has 0 radical (unpaired) electrons. The highest BCUT2D eigenvalue weighted by atomic mass is 79.9. The van der Waals surface area contributed by atoms with Crippen LogP contribution in [0.1, 0.15) is 12.0 Å². The third-order valence-corrected chi connectivity index (χ3v) is 4.82. The number of hydrogen-bond acceptors (Lipinski definition) is 4. The summed E-state index contributed by atoms with van der Waals surface area (Å²) in [5, 5.41) is 0.